The highest BCUT2D eigenvalue weighted by Gasteiger charge is 2.18. The average Bonchev–Trinajstić information content (AvgIpc) is 3.08. The normalized spacial score (nSPS) is 10.9. The maximum Gasteiger partial charge on any atom is 0.274 e. The Bertz CT molecular complexity index is 1110. The van der Waals surface area contributed by atoms with Gasteiger partial charge >= 0.3 is 0 Å². The van der Waals surface area contributed by atoms with E-state index < -0.39 is 0 Å². The molecule has 1 N–H and O–H groups in total. The van der Waals surface area contributed by atoms with Crippen LogP contribution in [0.4, 0.5) is 5.69 Å². The van der Waals surface area contributed by atoms with Crippen LogP contribution in [-0.4, -0.2) is 20.3 Å². The van der Waals surface area contributed by atoms with Crippen LogP contribution in [0.3, 0.4) is 0 Å². The van der Waals surface area contributed by atoms with Crippen LogP contribution in [0.25, 0.3) is 5.65 Å². The molecular formula is C23H22N4O. The molecule has 5 nitrogen and oxygen atoms in total. The number of aromatic nitrogens is 3. The van der Waals surface area contributed by atoms with Crippen LogP contribution in [-0.2, 0) is 12.8 Å². The van der Waals surface area contributed by atoms with Crippen LogP contribution in [0.5, 0.6) is 0 Å². The molecule has 0 aliphatic carbocycles. The van der Waals surface area contributed by atoms with Gasteiger partial charge in [0.25, 0.3) is 5.91 Å². The molecule has 0 saturated heterocycles. The predicted molar refractivity (Wildman–Crippen MR) is 111 cm³/mol. The predicted octanol–water partition coefficient (Wildman–Crippen LogP) is 4.44. The first kappa shape index (κ1) is 17.9. The van der Waals surface area contributed by atoms with Crippen LogP contribution in [0.1, 0.15) is 39.8 Å². The van der Waals surface area contributed by atoms with E-state index in [2.05, 4.69) is 15.3 Å². The fraction of sp³-hybridized carbons (Fsp3) is 0.174. The summed E-state index contributed by atoms with van der Waals surface area (Å²) < 4.78 is 1.88. The van der Waals surface area contributed by atoms with E-state index in [4.69, 9.17) is 0 Å². The number of amides is 1. The number of carbonyl (C=O) groups excluding carboxylic acids is 1. The SMILES string of the molecule is CCc1nc2ccc(C)cn2c1C(=O)Nc1ccc(Cc2ccncc2)cc1. The van der Waals surface area contributed by atoms with Crippen molar-refractivity contribution in [3.8, 4) is 0 Å². The molecule has 0 aliphatic rings. The van der Waals surface area contributed by atoms with Crippen molar-refractivity contribution in [2.45, 2.75) is 26.7 Å². The van der Waals surface area contributed by atoms with Crippen LogP contribution >= 0.6 is 0 Å². The lowest BCUT2D eigenvalue weighted by atomic mass is 10.1. The lowest BCUT2D eigenvalue weighted by molar-refractivity contribution is 0.102. The zero-order chi connectivity index (χ0) is 19.5. The monoisotopic (exact) mass is 370 g/mol. The van der Waals surface area contributed by atoms with E-state index in [1.54, 1.807) is 12.4 Å². The molecular weight excluding hydrogens is 348 g/mol. The van der Waals surface area contributed by atoms with Crippen molar-refractivity contribution in [1.82, 2.24) is 14.4 Å². The number of aryl methyl sites for hydroxylation is 2. The summed E-state index contributed by atoms with van der Waals surface area (Å²) in [6.45, 7) is 4.02. The van der Waals surface area contributed by atoms with Gasteiger partial charge in [-0.1, -0.05) is 25.1 Å². The minimum atomic E-state index is -0.142. The molecule has 0 spiro atoms. The number of pyridine rings is 2. The van der Waals surface area contributed by atoms with E-state index in [0.717, 1.165) is 29.0 Å². The molecule has 0 atom stereocenters. The highest BCUT2D eigenvalue weighted by molar-refractivity contribution is 6.04. The fourth-order valence-electron chi connectivity index (χ4n) is 3.32. The van der Waals surface area contributed by atoms with Gasteiger partial charge in [0, 0.05) is 24.3 Å². The highest BCUT2D eigenvalue weighted by atomic mass is 16.2. The Kier molecular flexibility index (Phi) is 4.89. The summed E-state index contributed by atoms with van der Waals surface area (Å²) in [5.74, 6) is -0.142. The van der Waals surface area contributed by atoms with Gasteiger partial charge in [0.15, 0.2) is 0 Å². The molecule has 0 unspecified atom stereocenters. The summed E-state index contributed by atoms with van der Waals surface area (Å²) >= 11 is 0. The smallest absolute Gasteiger partial charge is 0.274 e. The molecule has 3 heterocycles. The van der Waals surface area contributed by atoms with Gasteiger partial charge in [-0.15, -0.1) is 0 Å². The number of hydrogen-bond acceptors (Lipinski definition) is 3. The van der Waals surface area contributed by atoms with Crippen LogP contribution in [0, 0.1) is 6.92 Å². The van der Waals surface area contributed by atoms with Crippen LogP contribution in [0.15, 0.2) is 67.1 Å². The molecule has 0 radical (unpaired) electrons. The summed E-state index contributed by atoms with van der Waals surface area (Å²) in [5, 5.41) is 3.01. The first-order chi connectivity index (χ1) is 13.6. The molecule has 0 fully saturated rings. The number of nitrogens with zero attached hydrogens (tertiary/aromatic N) is 3. The van der Waals surface area contributed by atoms with Crippen molar-refractivity contribution >= 4 is 17.2 Å². The number of hydrogen-bond donors (Lipinski definition) is 1. The molecule has 0 bridgehead atoms. The molecule has 4 rings (SSSR count). The van der Waals surface area contributed by atoms with E-state index in [9.17, 15) is 4.79 Å². The topological polar surface area (TPSA) is 59.3 Å². The standard InChI is InChI=1S/C23H22N4O/c1-3-20-22(27-15-16(2)4-9-21(27)26-20)23(28)25-19-7-5-17(6-8-19)14-18-10-12-24-13-11-18/h4-13,15H,3,14H2,1-2H3,(H,25,28). The average molecular weight is 370 g/mol. The lowest BCUT2D eigenvalue weighted by Crippen LogP contribution is -2.16. The Morgan fingerprint density at radius 2 is 1.71 bits per heavy atom. The third kappa shape index (κ3) is 3.64. The molecule has 3 aromatic heterocycles. The van der Waals surface area contributed by atoms with Gasteiger partial charge in [-0.2, -0.15) is 0 Å². The van der Waals surface area contributed by atoms with E-state index in [0.29, 0.717) is 12.1 Å². The Labute approximate surface area is 164 Å². The summed E-state index contributed by atoms with van der Waals surface area (Å²) in [5.41, 5.74) is 6.44. The molecule has 0 aliphatic heterocycles. The molecule has 1 amide bonds. The highest BCUT2D eigenvalue weighted by Crippen LogP contribution is 2.18. The quantitative estimate of drug-likeness (QED) is 0.565. The van der Waals surface area contributed by atoms with E-state index in [1.165, 1.54) is 11.1 Å². The second-order valence-electron chi connectivity index (χ2n) is 6.88. The van der Waals surface area contributed by atoms with Crippen LogP contribution < -0.4 is 5.32 Å². The Hall–Kier alpha value is -3.47. The van der Waals surface area contributed by atoms with E-state index >= 15 is 0 Å². The van der Waals surface area contributed by atoms with Crippen molar-refractivity contribution in [1.29, 1.82) is 0 Å². The Balaban J connectivity index is 1.55. The minimum absolute atomic E-state index is 0.142. The maximum atomic E-state index is 13.0. The van der Waals surface area contributed by atoms with Gasteiger partial charge in [-0.3, -0.25) is 14.2 Å². The lowest BCUT2D eigenvalue weighted by Gasteiger charge is -2.08. The van der Waals surface area contributed by atoms with Gasteiger partial charge in [0.1, 0.15) is 11.3 Å². The van der Waals surface area contributed by atoms with Gasteiger partial charge in [0.05, 0.1) is 5.69 Å². The third-order valence-corrected chi connectivity index (χ3v) is 4.76. The number of anilines is 1. The van der Waals surface area contributed by atoms with Crippen molar-refractivity contribution in [2.75, 3.05) is 5.32 Å². The van der Waals surface area contributed by atoms with E-state index in [1.807, 2.05) is 73.0 Å². The number of fused-ring (bicyclic) bond motifs is 1. The van der Waals surface area contributed by atoms with Crippen molar-refractivity contribution in [3.05, 3.63) is 95.2 Å². The summed E-state index contributed by atoms with van der Waals surface area (Å²) in [4.78, 5) is 21.6. The number of nitrogens with one attached hydrogen (secondary N) is 1. The van der Waals surface area contributed by atoms with Crippen molar-refractivity contribution in [3.63, 3.8) is 0 Å². The minimum Gasteiger partial charge on any atom is -0.321 e. The summed E-state index contributed by atoms with van der Waals surface area (Å²) in [7, 11) is 0. The second kappa shape index (κ2) is 7.64. The Morgan fingerprint density at radius 3 is 2.43 bits per heavy atom. The number of carbonyl (C=O) groups is 1. The maximum absolute atomic E-state index is 13.0. The molecule has 1 aromatic carbocycles. The first-order valence-electron chi connectivity index (χ1n) is 9.41. The zero-order valence-electron chi connectivity index (χ0n) is 16.0. The van der Waals surface area contributed by atoms with Gasteiger partial charge in [-0.05, 0) is 66.8 Å². The fourth-order valence-corrected chi connectivity index (χ4v) is 3.32. The summed E-state index contributed by atoms with van der Waals surface area (Å²) in [6.07, 6.45) is 7.09. The molecule has 5 heteroatoms. The largest absolute Gasteiger partial charge is 0.321 e. The number of imidazole rings is 1. The van der Waals surface area contributed by atoms with Gasteiger partial charge in [-0.25, -0.2) is 4.98 Å². The third-order valence-electron chi connectivity index (χ3n) is 4.76. The Morgan fingerprint density at radius 1 is 1.00 bits per heavy atom. The molecule has 4 aromatic rings. The molecule has 0 saturated carbocycles. The zero-order valence-corrected chi connectivity index (χ0v) is 16.0. The second-order valence-corrected chi connectivity index (χ2v) is 6.88. The van der Waals surface area contributed by atoms with Gasteiger partial charge < -0.3 is 5.32 Å². The summed E-state index contributed by atoms with van der Waals surface area (Å²) in [6, 6.07) is 15.9. The van der Waals surface area contributed by atoms with Crippen molar-refractivity contribution < 1.29 is 4.79 Å². The van der Waals surface area contributed by atoms with E-state index in [-0.39, 0.29) is 5.91 Å². The number of rotatable bonds is 5. The molecule has 140 valence electrons. The number of benzene rings is 1. The van der Waals surface area contributed by atoms with Crippen molar-refractivity contribution in [2.24, 2.45) is 0 Å². The van der Waals surface area contributed by atoms with Crippen LogP contribution in [0.2, 0.25) is 0 Å². The molecule has 28 heavy (non-hydrogen) atoms. The van der Waals surface area contributed by atoms with Gasteiger partial charge in [0.2, 0.25) is 0 Å². The first-order valence-corrected chi connectivity index (χ1v) is 9.41.